The van der Waals surface area contributed by atoms with Gasteiger partial charge in [-0.15, -0.1) is 18.3 Å². The average Bonchev–Trinajstić information content (AvgIpc) is 2.62. The van der Waals surface area contributed by atoms with Crippen molar-refractivity contribution in [3.05, 3.63) is 72.3 Å². The van der Waals surface area contributed by atoms with Crippen LogP contribution in [0.4, 0.5) is 0 Å². The van der Waals surface area contributed by atoms with E-state index >= 15 is 0 Å². The molecule has 24 heavy (non-hydrogen) atoms. The number of carbonyl (C=O) groups excluding carboxylic acids is 1. The summed E-state index contributed by atoms with van der Waals surface area (Å²) >= 11 is 1.50. The second-order valence-corrected chi connectivity index (χ2v) is 6.75. The van der Waals surface area contributed by atoms with Gasteiger partial charge in [-0.05, 0) is 42.7 Å². The van der Waals surface area contributed by atoms with Gasteiger partial charge in [-0.3, -0.25) is 4.79 Å². The van der Waals surface area contributed by atoms with Gasteiger partial charge >= 0.3 is 5.97 Å². The molecule has 1 unspecified atom stereocenters. The summed E-state index contributed by atoms with van der Waals surface area (Å²) in [4.78, 5) is 13.8. The first-order chi connectivity index (χ1) is 11.6. The molecule has 0 heterocycles. The molecule has 0 fully saturated rings. The highest BCUT2D eigenvalue weighted by atomic mass is 32.2. The van der Waals surface area contributed by atoms with E-state index in [9.17, 15) is 4.79 Å². The van der Waals surface area contributed by atoms with Crippen LogP contribution in [0.1, 0.15) is 17.5 Å². The topological polar surface area (TPSA) is 35.5 Å². The van der Waals surface area contributed by atoms with Crippen LogP contribution in [0.25, 0.3) is 0 Å². The van der Waals surface area contributed by atoms with Gasteiger partial charge in [-0.25, -0.2) is 0 Å². The number of hydrogen-bond acceptors (Lipinski definition) is 4. The molecule has 0 radical (unpaired) electrons. The normalized spacial score (nSPS) is 13.0. The lowest BCUT2D eigenvalue weighted by Crippen LogP contribution is -2.33. The summed E-state index contributed by atoms with van der Waals surface area (Å²) < 4.78 is 9.50. The second-order valence-electron chi connectivity index (χ2n) is 5.41. The van der Waals surface area contributed by atoms with E-state index in [1.807, 2.05) is 55.5 Å². The van der Waals surface area contributed by atoms with E-state index in [-0.39, 0.29) is 5.97 Å². The van der Waals surface area contributed by atoms with E-state index in [0.717, 1.165) is 21.8 Å². The Morgan fingerprint density at radius 3 is 2.38 bits per heavy atom. The van der Waals surface area contributed by atoms with Gasteiger partial charge < -0.3 is 9.47 Å². The molecule has 0 aliphatic rings. The molecule has 0 saturated carbocycles. The number of carbonyl (C=O) groups is 1. The Kier molecular flexibility index (Phi) is 6.10. The largest absolute Gasteiger partial charge is 0.497 e. The van der Waals surface area contributed by atoms with E-state index < -0.39 is 4.75 Å². The van der Waals surface area contributed by atoms with Crippen molar-refractivity contribution in [3.63, 3.8) is 0 Å². The first-order valence-electron chi connectivity index (χ1n) is 7.66. The highest BCUT2D eigenvalue weighted by molar-refractivity contribution is 8.01. The van der Waals surface area contributed by atoms with Crippen molar-refractivity contribution < 1.29 is 14.3 Å². The maximum Gasteiger partial charge on any atom is 0.327 e. The van der Waals surface area contributed by atoms with Crippen LogP contribution in [-0.2, 0) is 14.3 Å². The minimum Gasteiger partial charge on any atom is -0.497 e. The zero-order valence-corrected chi connectivity index (χ0v) is 15.1. The fourth-order valence-electron chi connectivity index (χ4n) is 2.55. The van der Waals surface area contributed by atoms with E-state index in [1.165, 1.54) is 18.9 Å². The van der Waals surface area contributed by atoms with Crippen LogP contribution < -0.4 is 4.74 Å². The van der Waals surface area contributed by atoms with E-state index in [2.05, 4.69) is 6.58 Å². The number of rotatable bonds is 7. The molecule has 2 aromatic carbocycles. The van der Waals surface area contributed by atoms with Crippen molar-refractivity contribution in [3.8, 4) is 5.75 Å². The number of benzene rings is 2. The standard InChI is InChI=1S/C20H22O3S/c1-5-14-20(19(21)23-4,16-10-12-17(22-3)13-11-16)24-18-9-7-6-8-15(18)2/h5-13H,1,14H2,2-4H3. The highest BCUT2D eigenvalue weighted by Crippen LogP contribution is 2.46. The first-order valence-corrected chi connectivity index (χ1v) is 8.47. The number of hydrogen-bond donors (Lipinski definition) is 0. The quantitative estimate of drug-likeness (QED) is 0.414. The van der Waals surface area contributed by atoms with Gasteiger partial charge in [0.15, 0.2) is 0 Å². The molecule has 0 bridgehead atoms. The molecular formula is C20H22O3S. The molecule has 3 nitrogen and oxygen atoms in total. The summed E-state index contributed by atoms with van der Waals surface area (Å²) in [6.45, 7) is 5.87. The van der Waals surface area contributed by atoms with Gasteiger partial charge in [0, 0.05) is 4.90 Å². The summed E-state index contributed by atoms with van der Waals surface area (Å²) in [6, 6.07) is 15.5. The zero-order chi connectivity index (χ0) is 17.6. The molecule has 1 atom stereocenters. The molecule has 126 valence electrons. The molecule has 4 heteroatoms. The maximum atomic E-state index is 12.8. The zero-order valence-electron chi connectivity index (χ0n) is 14.2. The third-order valence-corrected chi connectivity index (χ3v) is 5.48. The second kappa shape index (κ2) is 8.06. The van der Waals surface area contributed by atoms with Crippen LogP contribution in [0.15, 0.2) is 66.1 Å². The third-order valence-electron chi connectivity index (χ3n) is 3.88. The fraction of sp³-hybridized carbons (Fsp3) is 0.250. The van der Waals surface area contributed by atoms with Crippen LogP contribution in [0.2, 0.25) is 0 Å². The maximum absolute atomic E-state index is 12.8. The predicted octanol–water partition coefficient (Wildman–Crippen LogP) is 4.74. The lowest BCUT2D eigenvalue weighted by atomic mass is 9.94. The Bertz CT molecular complexity index is 709. The lowest BCUT2D eigenvalue weighted by molar-refractivity contribution is -0.143. The van der Waals surface area contributed by atoms with Crippen molar-refractivity contribution >= 4 is 17.7 Å². The highest BCUT2D eigenvalue weighted by Gasteiger charge is 2.42. The average molecular weight is 342 g/mol. The molecule has 0 saturated heterocycles. The molecule has 0 aliphatic heterocycles. The summed E-state index contributed by atoms with van der Waals surface area (Å²) in [7, 11) is 3.04. The van der Waals surface area contributed by atoms with E-state index in [0.29, 0.717) is 6.42 Å². The van der Waals surface area contributed by atoms with Gasteiger partial charge in [0.05, 0.1) is 14.2 Å². The lowest BCUT2D eigenvalue weighted by Gasteiger charge is -2.30. The monoisotopic (exact) mass is 342 g/mol. The molecule has 0 N–H and O–H groups in total. The molecule has 0 amide bonds. The SMILES string of the molecule is C=CCC(Sc1ccccc1C)(C(=O)OC)c1ccc(OC)cc1. The van der Waals surface area contributed by atoms with Gasteiger partial charge in [-0.2, -0.15) is 0 Å². The number of thioether (sulfide) groups is 1. The Hall–Kier alpha value is -2.20. The smallest absolute Gasteiger partial charge is 0.327 e. The van der Waals surface area contributed by atoms with Crippen LogP contribution in [0, 0.1) is 6.92 Å². The van der Waals surface area contributed by atoms with Crippen LogP contribution >= 0.6 is 11.8 Å². The summed E-state index contributed by atoms with van der Waals surface area (Å²) in [5.41, 5.74) is 1.98. The van der Waals surface area contributed by atoms with Crippen molar-refractivity contribution in [1.82, 2.24) is 0 Å². The van der Waals surface area contributed by atoms with Gasteiger partial charge in [0.2, 0.25) is 0 Å². The van der Waals surface area contributed by atoms with Crippen LogP contribution in [0.5, 0.6) is 5.75 Å². The Morgan fingerprint density at radius 2 is 1.83 bits per heavy atom. The molecule has 0 spiro atoms. The third kappa shape index (κ3) is 3.65. The van der Waals surface area contributed by atoms with E-state index in [1.54, 1.807) is 13.2 Å². The minimum absolute atomic E-state index is 0.291. The number of esters is 1. The Balaban J connectivity index is 2.55. The molecule has 0 aliphatic carbocycles. The van der Waals surface area contributed by atoms with Crippen LogP contribution in [0.3, 0.4) is 0 Å². The summed E-state index contributed by atoms with van der Waals surface area (Å²) in [5.74, 6) is 0.456. The minimum atomic E-state index is -0.880. The van der Waals surface area contributed by atoms with Gasteiger partial charge in [0.1, 0.15) is 10.5 Å². The number of ether oxygens (including phenoxy) is 2. The number of aryl methyl sites for hydroxylation is 1. The number of allylic oxidation sites excluding steroid dienone is 1. The van der Waals surface area contributed by atoms with Crippen molar-refractivity contribution in [2.45, 2.75) is 23.0 Å². The van der Waals surface area contributed by atoms with Crippen LogP contribution in [-0.4, -0.2) is 20.2 Å². The Labute approximate surface area is 147 Å². The summed E-state index contributed by atoms with van der Waals surface area (Å²) in [6.07, 6.45) is 2.22. The molecule has 2 aromatic rings. The van der Waals surface area contributed by atoms with Crippen molar-refractivity contribution in [1.29, 1.82) is 0 Å². The molecule has 2 rings (SSSR count). The predicted molar refractivity (Wildman–Crippen MR) is 98.5 cm³/mol. The van der Waals surface area contributed by atoms with Gasteiger partial charge in [-0.1, -0.05) is 36.4 Å². The van der Waals surface area contributed by atoms with Gasteiger partial charge in [0.25, 0.3) is 0 Å². The Morgan fingerprint density at radius 1 is 1.17 bits per heavy atom. The van der Waals surface area contributed by atoms with E-state index in [4.69, 9.17) is 9.47 Å². The first kappa shape index (κ1) is 18.1. The fourth-order valence-corrected chi connectivity index (χ4v) is 3.92. The molecular weight excluding hydrogens is 320 g/mol. The van der Waals surface area contributed by atoms with Crippen molar-refractivity contribution in [2.24, 2.45) is 0 Å². The molecule has 0 aromatic heterocycles. The van der Waals surface area contributed by atoms with Crippen molar-refractivity contribution in [2.75, 3.05) is 14.2 Å². The number of methoxy groups -OCH3 is 2. The summed E-state index contributed by atoms with van der Waals surface area (Å²) in [5, 5.41) is 0.